The third kappa shape index (κ3) is 3.91. The highest BCUT2D eigenvalue weighted by Gasteiger charge is 2.54. The Morgan fingerprint density at radius 3 is 1.96 bits per heavy atom. The molecule has 1 aromatic carbocycles. The van der Waals surface area contributed by atoms with Crippen LogP contribution in [0, 0.1) is 35.3 Å². The average molecular weight is 385 g/mol. The van der Waals surface area contributed by atoms with Gasteiger partial charge < -0.3 is 0 Å². The normalized spacial score (nSPS) is 30.4. The number of alkyl halides is 2. The van der Waals surface area contributed by atoms with Crippen LogP contribution < -0.4 is 0 Å². The highest BCUT2D eigenvalue weighted by molar-refractivity contribution is 5.39. The van der Waals surface area contributed by atoms with E-state index in [4.69, 9.17) is 0 Å². The van der Waals surface area contributed by atoms with Crippen molar-refractivity contribution in [3.05, 3.63) is 34.9 Å². The highest BCUT2D eigenvalue weighted by atomic mass is 19.3. The monoisotopic (exact) mass is 384 g/mol. The first-order valence-electron chi connectivity index (χ1n) is 10.8. The zero-order chi connectivity index (χ0) is 19.6. The largest absolute Gasteiger partial charge is 0.279 e. The molecule has 0 N–H and O–H groups in total. The summed E-state index contributed by atoms with van der Waals surface area (Å²) < 4.78 is 57.2. The number of halogens is 4. The quantitative estimate of drug-likeness (QED) is 0.460. The predicted octanol–water partition coefficient (Wildman–Crippen LogP) is 7.64. The Morgan fingerprint density at radius 1 is 0.778 bits per heavy atom. The summed E-state index contributed by atoms with van der Waals surface area (Å²) in [7, 11) is 0. The van der Waals surface area contributed by atoms with Gasteiger partial charge >= 0.3 is 0 Å². The van der Waals surface area contributed by atoms with Crippen LogP contribution in [0.5, 0.6) is 0 Å². The first kappa shape index (κ1) is 20.7. The van der Waals surface area contributed by atoms with Crippen molar-refractivity contribution in [2.75, 3.05) is 0 Å². The van der Waals surface area contributed by atoms with Crippen LogP contribution in [0.3, 0.4) is 0 Å². The van der Waals surface area contributed by atoms with Gasteiger partial charge in [-0.05, 0) is 61.5 Å². The van der Waals surface area contributed by atoms with Gasteiger partial charge in [0.05, 0.1) is 5.56 Å². The average Bonchev–Trinajstić information content (AvgIpc) is 2.98. The fraction of sp³-hybridized carbons (Fsp3) is 0.739. The summed E-state index contributed by atoms with van der Waals surface area (Å²) >= 11 is 0. The Kier molecular flexibility index (Phi) is 6.53. The zero-order valence-corrected chi connectivity index (χ0v) is 16.5. The summed E-state index contributed by atoms with van der Waals surface area (Å²) in [6, 6.07) is 2.32. The van der Waals surface area contributed by atoms with Crippen LogP contribution in [0.25, 0.3) is 0 Å². The molecule has 0 aromatic heterocycles. The molecule has 27 heavy (non-hydrogen) atoms. The maximum Gasteiger partial charge on any atom is 0.279 e. The first-order valence-corrected chi connectivity index (χ1v) is 10.8. The van der Waals surface area contributed by atoms with E-state index in [1.807, 2.05) is 13.8 Å². The van der Waals surface area contributed by atoms with Crippen molar-refractivity contribution in [1.82, 2.24) is 0 Å². The molecule has 1 atom stereocenters. The minimum absolute atomic E-state index is 0.0790. The molecule has 152 valence electrons. The molecule has 3 aliphatic carbocycles. The molecule has 0 heterocycles. The maximum atomic E-state index is 14.9. The van der Waals surface area contributed by atoms with Crippen molar-refractivity contribution < 1.29 is 17.6 Å². The van der Waals surface area contributed by atoms with Crippen LogP contribution >= 0.6 is 0 Å². The summed E-state index contributed by atoms with van der Waals surface area (Å²) in [6.07, 6.45) is 10.4. The van der Waals surface area contributed by atoms with Gasteiger partial charge in [-0.15, -0.1) is 0 Å². The van der Waals surface area contributed by atoms with Gasteiger partial charge in [-0.2, -0.15) is 0 Å². The van der Waals surface area contributed by atoms with Crippen LogP contribution in [0.4, 0.5) is 17.6 Å². The Labute approximate surface area is 160 Å². The second-order valence-corrected chi connectivity index (χ2v) is 8.40. The first-order chi connectivity index (χ1) is 13.0. The van der Waals surface area contributed by atoms with Gasteiger partial charge in [0.2, 0.25) is 0 Å². The molecule has 2 saturated carbocycles. The van der Waals surface area contributed by atoms with E-state index in [2.05, 4.69) is 0 Å². The van der Waals surface area contributed by atoms with Crippen molar-refractivity contribution in [1.29, 1.82) is 0 Å². The lowest BCUT2D eigenvalue weighted by molar-refractivity contribution is -0.0855. The molecule has 0 bridgehead atoms. The minimum Gasteiger partial charge on any atom is -0.204 e. The molecular weight excluding hydrogens is 352 g/mol. The van der Waals surface area contributed by atoms with E-state index < -0.39 is 29.0 Å². The molecule has 0 spiro atoms. The molecule has 2 fully saturated rings. The molecule has 0 amide bonds. The van der Waals surface area contributed by atoms with Crippen LogP contribution in [0.15, 0.2) is 12.1 Å². The number of benzene rings is 1. The van der Waals surface area contributed by atoms with Crippen molar-refractivity contribution in [3.8, 4) is 0 Å². The second-order valence-electron chi connectivity index (χ2n) is 8.40. The summed E-state index contributed by atoms with van der Waals surface area (Å²) in [5, 5.41) is 0. The summed E-state index contributed by atoms with van der Waals surface area (Å²) in [5.74, 6) is -5.24. The Bertz CT molecular complexity index is 626. The van der Waals surface area contributed by atoms with Gasteiger partial charge in [0, 0.05) is 5.92 Å². The Morgan fingerprint density at radius 2 is 1.33 bits per heavy atom. The number of rotatable bonds is 2. The summed E-state index contributed by atoms with van der Waals surface area (Å²) in [6.45, 7) is 4.00. The molecule has 3 aliphatic rings. The SMILES string of the molecule is CC.Fc1ccc2c(c1F)C(F)(F)C(C1CCC(C3CCCCC3)CC1)C2. The Hall–Kier alpha value is -1.06. The highest BCUT2D eigenvalue weighted by Crippen LogP contribution is 2.54. The van der Waals surface area contributed by atoms with Gasteiger partial charge in [-0.1, -0.05) is 52.0 Å². The molecule has 0 nitrogen and oxygen atoms in total. The van der Waals surface area contributed by atoms with E-state index in [0.717, 1.165) is 37.7 Å². The zero-order valence-electron chi connectivity index (χ0n) is 16.5. The molecule has 0 aliphatic heterocycles. The third-order valence-electron chi connectivity index (χ3n) is 7.12. The molecule has 0 saturated heterocycles. The fourth-order valence-corrected chi connectivity index (χ4v) is 5.76. The fourth-order valence-electron chi connectivity index (χ4n) is 5.76. The van der Waals surface area contributed by atoms with Crippen LogP contribution in [0.2, 0.25) is 0 Å². The lowest BCUT2D eigenvalue weighted by Gasteiger charge is -2.39. The van der Waals surface area contributed by atoms with Crippen molar-refractivity contribution >= 4 is 0 Å². The summed E-state index contributed by atoms with van der Waals surface area (Å²) in [4.78, 5) is 0. The third-order valence-corrected chi connectivity index (χ3v) is 7.12. The smallest absolute Gasteiger partial charge is 0.204 e. The molecule has 1 aromatic rings. The molecule has 1 unspecified atom stereocenters. The van der Waals surface area contributed by atoms with Gasteiger partial charge in [-0.25, -0.2) is 17.6 Å². The molecule has 4 heteroatoms. The van der Waals surface area contributed by atoms with Crippen LogP contribution in [0.1, 0.15) is 82.8 Å². The predicted molar refractivity (Wildman–Crippen MR) is 101 cm³/mol. The van der Waals surface area contributed by atoms with E-state index in [1.54, 1.807) is 0 Å². The van der Waals surface area contributed by atoms with Crippen molar-refractivity contribution in [3.63, 3.8) is 0 Å². The lowest BCUT2D eigenvalue weighted by atomic mass is 9.68. The molecular formula is C23H32F4. The molecule has 4 rings (SSSR count). The van der Waals surface area contributed by atoms with Gasteiger partial charge in [-0.3, -0.25) is 0 Å². The van der Waals surface area contributed by atoms with Crippen molar-refractivity contribution in [2.24, 2.45) is 23.7 Å². The lowest BCUT2D eigenvalue weighted by Crippen LogP contribution is -2.33. The number of hydrogen-bond donors (Lipinski definition) is 0. The van der Waals surface area contributed by atoms with Gasteiger partial charge in [0.15, 0.2) is 11.6 Å². The molecule has 0 radical (unpaired) electrons. The number of fused-ring (bicyclic) bond motifs is 1. The van der Waals surface area contributed by atoms with E-state index in [1.165, 1.54) is 38.2 Å². The van der Waals surface area contributed by atoms with E-state index >= 15 is 0 Å². The second kappa shape index (κ2) is 8.53. The number of hydrogen-bond acceptors (Lipinski definition) is 0. The minimum atomic E-state index is -3.25. The maximum absolute atomic E-state index is 14.9. The van der Waals surface area contributed by atoms with Gasteiger partial charge in [0.25, 0.3) is 5.92 Å². The van der Waals surface area contributed by atoms with Crippen LogP contribution in [-0.2, 0) is 12.3 Å². The van der Waals surface area contributed by atoms with E-state index in [-0.39, 0.29) is 12.3 Å². The van der Waals surface area contributed by atoms with E-state index in [0.29, 0.717) is 11.5 Å². The van der Waals surface area contributed by atoms with Crippen LogP contribution in [-0.4, -0.2) is 0 Å². The summed E-state index contributed by atoms with van der Waals surface area (Å²) in [5.41, 5.74) is -0.379. The standard InChI is InChI=1S/C21H26F4.C2H6/c22-18-11-10-16-12-17(21(24,25)19(16)20(18)23)15-8-6-14(7-9-15)13-4-2-1-3-5-13;1-2/h10-11,13-15,17H,1-9,12H2;1-2H3. The van der Waals surface area contributed by atoms with Crippen molar-refractivity contribution in [2.45, 2.75) is 84.0 Å². The topological polar surface area (TPSA) is 0 Å². The Balaban J connectivity index is 0.00000102. The van der Waals surface area contributed by atoms with Gasteiger partial charge in [0.1, 0.15) is 0 Å². The van der Waals surface area contributed by atoms with E-state index in [9.17, 15) is 17.6 Å².